The van der Waals surface area contributed by atoms with Crippen molar-refractivity contribution in [3.63, 3.8) is 0 Å². The highest BCUT2D eigenvalue weighted by atomic mass is 32.2. The van der Waals surface area contributed by atoms with Crippen molar-refractivity contribution in [2.45, 2.75) is 31.4 Å². The van der Waals surface area contributed by atoms with Crippen LogP contribution in [-0.4, -0.2) is 18.4 Å². The molecule has 0 amide bonds. The lowest BCUT2D eigenvalue weighted by molar-refractivity contribution is -0.0498. The smallest absolute Gasteiger partial charge is 0.387 e. The van der Waals surface area contributed by atoms with E-state index in [9.17, 15) is 8.78 Å². The molecule has 0 saturated carbocycles. The van der Waals surface area contributed by atoms with Crippen LogP contribution in [0, 0.1) is 0 Å². The van der Waals surface area contributed by atoms with E-state index in [4.69, 9.17) is 0 Å². The number of rotatable bonds is 3. The first-order chi connectivity index (χ1) is 8.15. The summed E-state index contributed by atoms with van der Waals surface area (Å²) >= 11 is 1.84. The summed E-state index contributed by atoms with van der Waals surface area (Å²) < 4.78 is 28.3. The molecule has 1 aromatic carbocycles. The molecule has 1 saturated heterocycles. The van der Waals surface area contributed by atoms with Crippen molar-refractivity contribution in [3.05, 3.63) is 29.8 Å². The van der Waals surface area contributed by atoms with Crippen molar-refractivity contribution >= 4 is 11.8 Å². The van der Waals surface area contributed by atoms with E-state index in [0.717, 1.165) is 17.7 Å². The second kappa shape index (κ2) is 5.69. The third-order valence-corrected chi connectivity index (χ3v) is 3.89. The molecule has 17 heavy (non-hydrogen) atoms. The van der Waals surface area contributed by atoms with Gasteiger partial charge in [-0.15, -0.1) is 11.8 Å². The maximum Gasteiger partial charge on any atom is 0.387 e. The number of ether oxygens (including phenoxy) is 1. The van der Waals surface area contributed by atoms with Crippen molar-refractivity contribution in [2.24, 2.45) is 0 Å². The van der Waals surface area contributed by atoms with Crippen molar-refractivity contribution < 1.29 is 13.5 Å². The van der Waals surface area contributed by atoms with Gasteiger partial charge in [0, 0.05) is 6.04 Å². The van der Waals surface area contributed by atoms with Crippen LogP contribution < -0.4 is 10.1 Å². The van der Waals surface area contributed by atoms with Crippen LogP contribution in [0.3, 0.4) is 0 Å². The fourth-order valence-corrected chi connectivity index (χ4v) is 3.17. The zero-order valence-corrected chi connectivity index (χ0v) is 10.3. The molecule has 0 radical (unpaired) electrons. The number of halogens is 2. The van der Waals surface area contributed by atoms with Crippen LogP contribution in [-0.2, 0) is 0 Å². The topological polar surface area (TPSA) is 21.3 Å². The number of benzene rings is 1. The van der Waals surface area contributed by atoms with E-state index in [0.29, 0.717) is 6.04 Å². The van der Waals surface area contributed by atoms with Gasteiger partial charge in [0.25, 0.3) is 0 Å². The summed E-state index contributed by atoms with van der Waals surface area (Å²) in [5, 5.41) is 3.72. The molecule has 1 aliphatic heterocycles. The molecule has 1 fully saturated rings. The van der Waals surface area contributed by atoms with E-state index in [1.165, 1.54) is 0 Å². The SMILES string of the molecule is CC1CCSC(c2ccc(OC(F)F)cc2)N1. The molecular formula is C12H15F2NOS. The van der Waals surface area contributed by atoms with E-state index in [-0.39, 0.29) is 11.1 Å². The molecule has 94 valence electrons. The Labute approximate surface area is 104 Å². The lowest BCUT2D eigenvalue weighted by Crippen LogP contribution is -2.33. The molecule has 2 rings (SSSR count). The van der Waals surface area contributed by atoms with Gasteiger partial charge in [-0.2, -0.15) is 8.78 Å². The molecule has 1 heterocycles. The third-order valence-electron chi connectivity index (χ3n) is 2.68. The standard InChI is InChI=1S/C12H15F2NOS/c1-8-6-7-17-11(15-8)9-2-4-10(5-3-9)16-12(13)14/h2-5,8,11-12,15H,6-7H2,1H3. The second-order valence-corrected chi connectivity index (χ2v) is 5.27. The van der Waals surface area contributed by atoms with Crippen molar-refractivity contribution in [1.29, 1.82) is 0 Å². The van der Waals surface area contributed by atoms with Crippen LogP contribution in [0.15, 0.2) is 24.3 Å². The van der Waals surface area contributed by atoms with Crippen LogP contribution >= 0.6 is 11.8 Å². The molecule has 1 aromatic rings. The van der Waals surface area contributed by atoms with E-state index in [1.54, 1.807) is 12.1 Å². The van der Waals surface area contributed by atoms with Crippen LogP contribution in [0.4, 0.5) is 8.78 Å². The van der Waals surface area contributed by atoms with Gasteiger partial charge in [0.15, 0.2) is 0 Å². The number of hydrogen-bond acceptors (Lipinski definition) is 3. The predicted molar refractivity (Wildman–Crippen MR) is 65.5 cm³/mol. The molecule has 5 heteroatoms. The summed E-state index contributed by atoms with van der Waals surface area (Å²) in [6, 6.07) is 7.34. The second-order valence-electron chi connectivity index (χ2n) is 4.05. The Bertz CT molecular complexity index is 358. The van der Waals surface area contributed by atoms with Gasteiger partial charge < -0.3 is 4.74 Å². The quantitative estimate of drug-likeness (QED) is 0.899. The minimum atomic E-state index is -2.76. The average molecular weight is 259 g/mol. The van der Waals surface area contributed by atoms with Crippen LogP contribution in [0.2, 0.25) is 0 Å². The number of nitrogens with one attached hydrogen (secondary N) is 1. The summed E-state index contributed by atoms with van der Waals surface area (Å²) in [4.78, 5) is 0. The number of thioether (sulfide) groups is 1. The Kier molecular flexibility index (Phi) is 4.23. The summed E-state index contributed by atoms with van der Waals surface area (Å²) in [6.07, 6.45) is 1.16. The van der Waals surface area contributed by atoms with Gasteiger partial charge in [-0.05, 0) is 36.8 Å². The van der Waals surface area contributed by atoms with E-state index >= 15 is 0 Å². The highest BCUT2D eigenvalue weighted by Gasteiger charge is 2.19. The summed E-state index contributed by atoms with van der Waals surface area (Å²) in [6.45, 7) is -0.607. The molecule has 0 spiro atoms. The molecular weight excluding hydrogens is 244 g/mol. The number of alkyl halides is 2. The largest absolute Gasteiger partial charge is 0.435 e. The highest BCUT2D eigenvalue weighted by molar-refractivity contribution is 7.99. The molecule has 2 unspecified atom stereocenters. The highest BCUT2D eigenvalue weighted by Crippen LogP contribution is 2.32. The van der Waals surface area contributed by atoms with Crippen molar-refractivity contribution in [1.82, 2.24) is 5.32 Å². The Hall–Kier alpha value is -0.810. The van der Waals surface area contributed by atoms with Gasteiger partial charge in [-0.25, -0.2) is 0 Å². The molecule has 2 nitrogen and oxygen atoms in total. The van der Waals surface area contributed by atoms with Gasteiger partial charge in [0.1, 0.15) is 5.75 Å². The molecule has 0 bridgehead atoms. The van der Waals surface area contributed by atoms with Crippen LogP contribution in [0.25, 0.3) is 0 Å². The molecule has 0 aliphatic carbocycles. The van der Waals surface area contributed by atoms with Gasteiger partial charge >= 0.3 is 6.61 Å². The predicted octanol–water partition coefficient (Wildman–Crippen LogP) is 3.40. The maximum atomic E-state index is 12.0. The van der Waals surface area contributed by atoms with E-state index < -0.39 is 6.61 Å². The van der Waals surface area contributed by atoms with E-state index in [2.05, 4.69) is 17.0 Å². The maximum absolute atomic E-state index is 12.0. The van der Waals surface area contributed by atoms with Gasteiger partial charge in [-0.1, -0.05) is 12.1 Å². The Morgan fingerprint density at radius 2 is 2.06 bits per heavy atom. The summed E-state index contributed by atoms with van der Waals surface area (Å²) in [5.74, 6) is 1.33. The van der Waals surface area contributed by atoms with Gasteiger partial charge in [0.2, 0.25) is 0 Å². The fraction of sp³-hybridized carbons (Fsp3) is 0.500. The minimum Gasteiger partial charge on any atom is -0.435 e. The molecule has 0 aromatic heterocycles. The Morgan fingerprint density at radius 1 is 1.35 bits per heavy atom. The zero-order valence-electron chi connectivity index (χ0n) is 9.53. The lowest BCUT2D eigenvalue weighted by Gasteiger charge is -2.28. The minimum absolute atomic E-state index is 0.206. The summed E-state index contributed by atoms with van der Waals surface area (Å²) in [5.41, 5.74) is 1.10. The first-order valence-electron chi connectivity index (χ1n) is 5.57. The molecule has 1 aliphatic rings. The average Bonchev–Trinajstić information content (AvgIpc) is 2.29. The lowest BCUT2D eigenvalue weighted by atomic mass is 10.2. The first kappa shape index (κ1) is 12.6. The normalized spacial score (nSPS) is 24.9. The molecule has 2 atom stereocenters. The van der Waals surface area contributed by atoms with Crippen LogP contribution in [0.5, 0.6) is 5.75 Å². The fourth-order valence-electron chi connectivity index (χ4n) is 1.77. The van der Waals surface area contributed by atoms with Crippen LogP contribution in [0.1, 0.15) is 24.3 Å². The van der Waals surface area contributed by atoms with Crippen molar-refractivity contribution in [3.8, 4) is 5.75 Å². The Morgan fingerprint density at radius 3 is 2.65 bits per heavy atom. The zero-order chi connectivity index (χ0) is 12.3. The number of hydrogen-bond donors (Lipinski definition) is 1. The molecule has 1 N–H and O–H groups in total. The third kappa shape index (κ3) is 3.57. The Balaban J connectivity index is 2.01. The van der Waals surface area contributed by atoms with Gasteiger partial charge in [-0.3, -0.25) is 5.32 Å². The van der Waals surface area contributed by atoms with Gasteiger partial charge in [0.05, 0.1) is 5.37 Å². The monoisotopic (exact) mass is 259 g/mol. The van der Waals surface area contributed by atoms with Crippen molar-refractivity contribution in [2.75, 3.05) is 5.75 Å². The van der Waals surface area contributed by atoms with E-state index in [1.807, 2.05) is 23.9 Å². The summed E-state index contributed by atoms with van der Waals surface area (Å²) in [7, 11) is 0. The first-order valence-corrected chi connectivity index (χ1v) is 6.62.